The number of carbonyl (C=O) groups excluding carboxylic acids is 2. The molecule has 9 heteroatoms. The van der Waals surface area contributed by atoms with Crippen molar-refractivity contribution in [2.45, 2.75) is 13.3 Å². The molecule has 7 nitrogen and oxygen atoms in total. The first-order chi connectivity index (χ1) is 14.9. The monoisotopic (exact) mass is 457 g/mol. The van der Waals surface area contributed by atoms with E-state index in [9.17, 15) is 9.59 Å². The lowest BCUT2D eigenvalue weighted by molar-refractivity contribution is -0.115. The predicted molar refractivity (Wildman–Crippen MR) is 121 cm³/mol. The molecule has 0 aliphatic rings. The van der Waals surface area contributed by atoms with Gasteiger partial charge in [-0.1, -0.05) is 30.1 Å². The number of aromatic nitrogens is 1. The third kappa shape index (κ3) is 3.89. The molecule has 0 aliphatic carbocycles. The van der Waals surface area contributed by atoms with Crippen molar-refractivity contribution in [3.05, 3.63) is 58.3 Å². The van der Waals surface area contributed by atoms with E-state index >= 15 is 0 Å². The summed E-state index contributed by atoms with van der Waals surface area (Å²) >= 11 is 12.3. The van der Waals surface area contributed by atoms with Crippen molar-refractivity contribution in [1.82, 2.24) is 4.98 Å². The van der Waals surface area contributed by atoms with E-state index in [-0.39, 0.29) is 21.6 Å². The number of benzene rings is 2. The van der Waals surface area contributed by atoms with E-state index in [1.165, 1.54) is 19.5 Å². The van der Waals surface area contributed by atoms with Crippen LogP contribution in [0.2, 0.25) is 10.0 Å². The lowest BCUT2D eigenvalue weighted by atomic mass is 10.0. The van der Waals surface area contributed by atoms with Crippen LogP contribution in [0.25, 0.3) is 21.9 Å². The van der Waals surface area contributed by atoms with Crippen molar-refractivity contribution in [2.24, 2.45) is 0 Å². The zero-order valence-electron chi connectivity index (χ0n) is 16.6. The third-order valence-corrected chi connectivity index (χ3v) is 5.32. The standard InChI is InChI=1S/C22H17Cl2N3O4/c1-3-18(28)26-11-4-6-16-13(8-11)19-12(5-7-17(30-2)21(19)31-16)22(29)27-20-14(23)9-25-10-15(20)24/h4-10H,3H2,1-2H3,(H,26,28)(H,25,27,29). The van der Waals surface area contributed by atoms with E-state index in [1.807, 2.05) is 0 Å². The van der Waals surface area contributed by atoms with Gasteiger partial charge in [-0.3, -0.25) is 14.6 Å². The quantitative estimate of drug-likeness (QED) is 0.389. The molecular formula is C22H17Cl2N3O4. The first-order valence-electron chi connectivity index (χ1n) is 9.36. The highest BCUT2D eigenvalue weighted by Crippen LogP contribution is 2.39. The summed E-state index contributed by atoms with van der Waals surface area (Å²) in [5.41, 5.74) is 2.14. The van der Waals surface area contributed by atoms with Gasteiger partial charge in [0.2, 0.25) is 5.91 Å². The molecule has 2 aromatic heterocycles. The number of methoxy groups -OCH3 is 1. The van der Waals surface area contributed by atoms with Crippen molar-refractivity contribution in [1.29, 1.82) is 0 Å². The summed E-state index contributed by atoms with van der Waals surface area (Å²) < 4.78 is 11.4. The zero-order chi connectivity index (χ0) is 22.1. The van der Waals surface area contributed by atoms with Crippen LogP contribution >= 0.6 is 23.2 Å². The minimum atomic E-state index is -0.437. The van der Waals surface area contributed by atoms with Gasteiger partial charge in [0.05, 0.1) is 28.4 Å². The van der Waals surface area contributed by atoms with Gasteiger partial charge < -0.3 is 19.8 Å². The fraction of sp³-hybridized carbons (Fsp3) is 0.136. The Kier molecular flexibility index (Phi) is 5.71. The Morgan fingerprint density at radius 3 is 2.52 bits per heavy atom. The summed E-state index contributed by atoms with van der Waals surface area (Å²) in [7, 11) is 1.52. The van der Waals surface area contributed by atoms with Crippen LogP contribution in [0, 0.1) is 0 Å². The number of amides is 2. The van der Waals surface area contributed by atoms with Crippen LogP contribution in [-0.2, 0) is 4.79 Å². The van der Waals surface area contributed by atoms with Gasteiger partial charge in [0, 0.05) is 35.3 Å². The molecule has 2 N–H and O–H groups in total. The predicted octanol–water partition coefficient (Wildman–Crippen LogP) is 5.90. The van der Waals surface area contributed by atoms with Crippen LogP contribution < -0.4 is 15.4 Å². The van der Waals surface area contributed by atoms with Crippen LogP contribution in [0.15, 0.2) is 47.1 Å². The fourth-order valence-corrected chi connectivity index (χ4v) is 3.70. The topological polar surface area (TPSA) is 93.5 Å². The molecule has 0 radical (unpaired) electrons. The molecule has 0 saturated carbocycles. The van der Waals surface area contributed by atoms with E-state index in [0.717, 1.165) is 0 Å². The van der Waals surface area contributed by atoms with Crippen molar-refractivity contribution < 1.29 is 18.7 Å². The Morgan fingerprint density at radius 1 is 1.10 bits per heavy atom. The number of carbonyl (C=O) groups is 2. The van der Waals surface area contributed by atoms with Gasteiger partial charge in [0.25, 0.3) is 5.91 Å². The van der Waals surface area contributed by atoms with E-state index < -0.39 is 5.91 Å². The molecule has 0 unspecified atom stereocenters. The van der Waals surface area contributed by atoms with Crippen LogP contribution in [0.4, 0.5) is 11.4 Å². The molecule has 0 saturated heterocycles. The molecule has 0 atom stereocenters. The molecule has 4 aromatic rings. The highest BCUT2D eigenvalue weighted by Gasteiger charge is 2.21. The third-order valence-electron chi connectivity index (χ3n) is 4.74. The molecule has 2 heterocycles. The minimum Gasteiger partial charge on any atom is -0.493 e. The van der Waals surface area contributed by atoms with E-state index in [4.69, 9.17) is 32.4 Å². The number of pyridine rings is 1. The maximum atomic E-state index is 13.2. The summed E-state index contributed by atoms with van der Waals surface area (Å²) in [5.74, 6) is -0.0834. The first-order valence-corrected chi connectivity index (χ1v) is 10.1. The summed E-state index contributed by atoms with van der Waals surface area (Å²) in [6.07, 6.45) is 3.13. The molecule has 2 aromatic carbocycles. The zero-order valence-corrected chi connectivity index (χ0v) is 18.1. The maximum absolute atomic E-state index is 13.2. The molecule has 158 valence electrons. The highest BCUT2D eigenvalue weighted by atomic mass is 35.5. The number of rotatable bonds is 5. The molecule has 31 heavy (non-hydrogen) atoms. The Hall–Kier alpha value is -3.29. The van der Waals surface area contributed by atoms with Gasteiger partial charge >= 0.3 is 0 Å². The van der Waals surface area contributed by atoms with Crippen LogP contribution in [0.3, 0.4) is 0 Å². The number of anilines is 2. The lowest BCUT2D eigenvalue weighted by Gasteiger charge is -2.10. The number of hydrogen-bond acceptors (Lipinski definition) is 5. The fourth-order valence-electron chi connectivity index (χ4n) is 3.25. The van der Waals surface area contributed by atoms with Crippen molar-refractivity contribution >= 4 is 68.3 Å². The summed E-state index contributed by atoms with van der Waals surface area (Å²) in [6, 6.07) is 8.51. The van der Waals surface area contributed by atoms with E-state index in [2.05, 4.69) is 15.6 Å². The van der Waals surface area contributed by atoms with Gasteiger partial charge in [0.1, 0.15) is 5.58 Å². The van der Waals surface area contributed by atoms with Crippen molar-refractivity contribution in [3.63, 3.8) is 0 Å². The summed E-state index contributed by atoms with van der Waals surface area (Å²) in [5, 5.41) is 7.18. The Labute approximate surface area is 187 Å². The van der Waals surface area contributed by atoms with Crippen molar-refractivity contribution in [3.8, 4) is 5.75 Å². The minimum absolute atomic E-state index is 0.121. The average Bonchev–Trinajstić information content (AvgIpc) is 3.14. The van der Waals surface area contributed by atoms with Gasteiger partial charge in [-0.2, -0.15) is 0 Å². The molecule has 0 bridgehead atoms. The lowest BCUT2D eigenvalue weighted by Crippen LogP contribution is -2.13. The maximum Gasteiger partial charge on any atom is 0.256 e. The largest absolute Gasteiger partial charge is 0.493 e. The second-order valence-electron chi connectivity index (χ2n) is 6.67. The molecule has 0 fully saturated rings. The Bertz CT molecular complexity index is 1310. The smallest absolute Gasteiger partial charge is 0.256 e. The van der Waals surface area contributed by atoms with Gasteiger partial charge in [-0.25, -0.2) is 0 Å². The number of halogens is 2. The Morgan fingerprint density at radius 2 is 1.84 bits per heavy atom. The van der Waals surface area contributed by atoms with Crippen LogP contribution in [0.1, 0.15) is 23.7 Å². The average molecular weight is 458 g/mol. The number of furan rings is 1. The van der Waals surface area contributed by atoms with E-state index in [0.29, 0.717) is 45.4 Å². The van der Waals surface area contributed by atoms with E-state index in [1.54, 1.807) is 37.3 Å². The van der Waals surface area contributed by atoms with Crippen LogP contribution in [0.5, 0.6) is 5.75 Å². The highest BCUT2D eigenvalue weighted by molar-refractivity contribution is 6.40. The second-order valence-corrected chi connectivity index (χ2v) is 7.48. The summed E-state index contributed by atoms with van der Waals surface area (Å²) in [4.78, 5) is 28.9. The number of fused-ring (bicyclic) bond motifs is 3. The van der Waals surface area contributed by atoms with Gasteiger partial charge in [-0.15, -0.1) is 0 Å². The normalized spacial score (nSPS) is 11.0. The summed E-state index contributed by atoms with van der Waals surface area (Å²) in [6.45, 7) is 1.77. The number of hydrogen-bond donors (Lipinski definition) is 2. The molecule has 4 rings (SSSR count). The number of nitrogens with zero attached hydrogens (tertiary/aromatic N) is 1. The van der Waals surface area contributed by atoms with Crippen LogP contribution in [-0.4, -0.2) is 23.9 Å². The molecule has 0 aliphatic heterocycles. The molecular weight excluding hydrogens is 441 g/mol. The number of ether oxygens (including phenoxy) is 1. The Balaban J connectivity index is 1.88. The SMILES string of the molecule is CCC(=O)Nc1ccc2oc3c(OC)ccc(C(=O)Nc4c(Cl)cncc4Cl)c3c2c1. The number of nitrogens with one attached hydrogen (secondary N) is 2. The first kappa shape index (κ1) is 21.0. The molecule has 2 amide bonds. The van der Waals surface area contributed by atoms with Crippen molar-refractivity contribution in [2.75, 3.05) is 17.7 Å². The van der Waals surface area contributed by atoms with Gasteiger partial charge in [0.15, 0.2) is 11.3 Å². The van der Waals surface area contributed by atoms with Gasteiger partial charge in [-0.05, 0) is 30.3 Å². The molecule has 0 spiro atoms. The second kappa shape index (κ2) is 8.45.